The fourth-order valence-corrected chi connectivity index (χ4v) is 4.41. The minimum absolute atomic E-state index is 0.112. The van der Waals surface area contributed by atoms with E-state index < -0.39 is 16.0 Å². The molecule has 0 radical (unpaired) electrons. The summed E-state index contributed by atoms with van der Waals surface area (Å²) in [5.41, 5.74) is 2.45. The lowest BCUT2D eigenvalue weighted by atomic mass is 9.99. The molecular formula is C22H28N2O4S. The number of methoxy groups -OCH3 is 1. The molecule has 2 aromatic rings. The Bertz CT molecular complexity index is 916. The van der Waals surface area contributed by atoms with Gasteiger partial charge in [-0.1, -0.05) is 31.2 Å². The van der Waals surface area contributed by atoms with Crippen molar-refractivity contribution < 1.29 is 17.9 Å². The third kappa shape index (κ3) is 5.88. The highest BCUT2D eigenvalue weighted by molar-refractivity contribution is 7.89. The van der Waals surface area contributed by atoms with E-state index >= 15 is 0 Å². The molecule has 0 aliphatic carbocycles. The molecule has 7 heteroatoms. The molecule has 1 aliphatic heterocycles. The van der Waals surface area contributed by atoms with Gasteiger partial charge in [0, 0.05) is 13.1 Å². The van der Waals surface area contributed by atoms with Crippen molar-refractivity contribution in [1.82, 2.24) is 9.62 Å². The molecule has 2 aromatic carbocycles. The zero-order chi connectivity index (χ0) is 20.9. The van der Waals surface area contributed by atoms with Crippen molar-refractivity contribution in [3.8, 4) is 0 Å². The summed E-state index contributed by atoms with van der Waals surface area (Å²) in [5.74, 6) is 0.319. The Kier molecular flexibility index (Phi) is 7.05. The van der Waals surface area contributed by atoms with Crippen LogP contribution in [-0.2, 0) is 27.8 Å². The Morgan fingerprint density at radius 3 is 2.21 bits per heavy atom. The molecular weight excluding hydrogens is 388 g/mol. The number of carbonyl (C=O) groups excluding carboxylic acids is 1. The molecule has 0 spiro atoms. The van der Waals surface area contributed by atoms with Crippen LogP contribution in [0.5, 0.6) is 0 Å². The van der Waals surface area contributed by atoms with E-state index in [0.29, 0.717) is 5.56 Å². The van der Waals surface area contributed by atoms with Gasteiger partial charge in [0.1, 0.15) is 0 Å². The molecule has 1 aliphatic rings. The monoisotopic (exact) mass is 416 g/mol. The van der Waals surface area contributed by atoms with E-state index in [0.717, 1.165) is 31.1 Å². The topological polar surface area (TPSA) is 75.7 Å². The summed E-state index contributed by atoms with van der Waals surface area (Å²) in [4.78, 5) is 14.0. The number of nitrogens with one attached hydrogen (secondary N) is 1. The summed E-state index contributed by atoms with van der Waals surface area (Å²) in [6.07, 6.45) is 2.50. The van der Waals surface area contributed by atoms with E-state index in [1.54, 1.807) is 0 Å². The van der Waals surface area contributed by atoms with Crippen molar-refractivity contribution >= 4 is 16.0 Å². The summed E-state index contributed by atoms with van der Waals surface area (Å²) in [7, 11) is -2.37. The van der Waals surface area contributed by atoms with Crippen molar-refractivity contribution in [2.45, 2.75) is 37.8 Å². The van der Waals surface area contributed by atoms with Gasteiger partial charge >= 0.3 is 5.97 Å². The Morgan fingerprint density at radius 2 is 1.62 bits per heavy atom. The number of sulfonamides is 1. The van der Waals surface area contributed by atoms with E-state index in [1.807, 2.05) is 12.1 Å². The molecule has 6 nitrogen and oxygen atoms in total. The summed E-state index contributed by atoms with van der Waals surface area (Å²) in [6, 6.07) is 13.7. The molecule has 0 unspecified atom stereocenters. The van der Waals surface area contributed by atoms with Crippen LogP contribution in [0.3, 0.4) is 0 Å². The molecule has 0 aromatic heterocycles. The lowest BCUT2D eigenvalue weighted by Gasteiger charge is -2.30. The van der Waals surface area contributed by atoms with Gasteiger partial charge < -0.3 is 4.74 Å². The molecule has 0 saturated carbocycles. The Hall–Kier alpha value is -2.22. The van der Waals surface area contributed by atoms with E-state index in [9.17, 15) is 13.2 Å². The number of carbonyl (C=O) groups is 1. The highest BCUT2D eigenvalue weighted by atomic mass is 32.2. The molecule has 0 bridgehead atoms. The van der Waals surface area contributed by atoms with Crippen LogP contribution >= 0.6 is 0 Å². The summed E-state index contributed by atoms with van der Waals surface area (Å²) >= 11 is 0. The van der Waals surface area contributed by atoms with Crippen LogP contribution in [0.2, 0.25) is 0 Å². The Balaban J connectivity index is 1.55. The number of esters is 1. The minimum Gasteiger partial charge on any atom is -0.465 e. The zero-order valence-electron chi connectivity index (χ0n) is 16.9. The van der Waals surface area contributed by atoms with Crippen LogP contribution in [-0.4, -0.2) is 39.5 Å². The molecule has 1 N–H and O–H groups in total. The maximum atomic E-state index is 12.5. The second-order valence-electron chi connectivity index (χ2n) is 7.62. The first kappa shape index (κ1) is 21.5. The van der Waals surface area contributed by atoms with E-state index in [1.165, 1.54) is 49.8 Å². The first-order valence-corrected chi connectivity index (χ1v) is 11.3. The van der Waals surface area contributed by atoms with Gasteiger partial charge in [-0.2, -0.15) is 0 Å². The number of hydrogen-bond donors (Lipinski definition) is 1. The average molecular weight is 417 g/mol. The van der Waals surface area contributed by atoms with Gasteiger partial charge in [0.25, 0.3) is 0 Å². The van der Waals surface area contributed by atoms with Gasteiger partial charge in [-0.25, -0.2) is 17.9 Å². The average Bonchev–Trinajstić information content (AvgIpc) is 2.74. The highest BCUT2D eigenvalue weighted by Gasteiger charge is 2.17. The molecule has 29 heavy (non-hydrogen) atoms. The van der Waals surface area contributed by atoms with Crippen molar-refractivity contribution in [3.05, 3.63) is 65.2 Å². The standard InChI is InChI=1S/C22H28N2O4S/c1-17-11-13-24(14-12-17)16-19-5-3-18(4-6-19)15-23-29(26,27)21-9-7-20(8-10-21)22(25)28-2/h3-10,17,23H,11-16H2,1-2H3. The van der Waals surface area contributed by atoms with Gasteiger partial charge in [-0.3, -0.25) is 4.90 Å². The Labute approximate surface area is 172 Å². The first-order valence-electron chi connectivity index (χ1n) is 9.85. The highest BCUT2D eigenvalue weighted by Crippen LogP contribution is 2.18. The van der Waals surface area contributed by atoms with Gasteiger partial charge in [0.05, 0.1) is 17.6 Å². The summed E-state index contributed by atoms with van der Waals surface area (Å²) < 4.78 is 32.2. The van der Waals surface area contributed by atoms with Crippen molar-refractivity contribution in [3.63, 3.8) is 0 Å². The minimum atomic E-state index is -3.66. The second kappa shape index (κ2) is 9.52. The van der Waals surface area contributed by atoms with Crippen molar-refractivity contribution in [2.24, 2.45) is 5.92 Å². The number of piperidine rings is 1. The molecule has 0 atom stereocenters. The van der Waals surface area contributed by atoms with Crippen LogP contribution in [0.4, 0.5) is 0 Å². The Morgan fingerprint density at radius 1 is 1.03 bits per heavy atom. The molecule has 156 valence electrons. The van der Waals surface area contributed by atoms with Crippen LogP contribution < -0.4 is 4.72 Å². The van der Waals surface area contributed by atoms with Gasteiger partial charge in [-0.05, 0) is 67.2 Å². The normalized spacial score (nSPS) is 15.9. The van der Waals surface area contributed by atoms with Crippen LogP contribution in [0, 0.1) is 5.92 Å². The lowest BCUT2D eigenvalue weighted by Crippen LogP contribution is -2.32. The summed E-state index contributed by atoms with van der Waals surface area (Å²) in [5, 5.41) is 0. The molecule has 3 rings (SSSR count). The maximum Gasteiger partial charge on any atom is 0.337 e. The van der Waals surface area contributed by atoms with Crippen molar-refractivity contribution in [1.29, 1.82) is 0 Å². The number of rotatable bonds is 7. The second-order valence-corrected chi connectivity index (χ2v) is 9.38. The molecule has 1 saturated heterocycles. The third-order valence-corrected chi connectivity index (χ3v) is 6.77. The number of ether oxygens (including phenoxy) is 1. The molecule has 0 amide bonds. The van der Waals surface area contributed by atoms with Gasteiger partial charge in [0.15, 0.2) is 0 Å². The van der Waals surface area contributed by atoms with E-state index in [4.69, 9.17) is 0 Å². The first-order chi connectivity index (χ1) is 13.9. The van der Waals surface area contributed by atoms with Crippen LogP contribution in [0.15, 0.2) is 53.4 Å². The smallest absolute Gasteiger partial charge is 0.337 e. The zero-order valence-corrected chi connectivity index (χ0v) is 17.7. The molecule has 1 fully saturated rings. The molecule has 1 heterocycles. The van der Waals surface area contributed by atoms with Crippen LogP contribution in [0.25, 0.3) is 0 Å². The van der Waals surface area contributed by atoms with Gasteiger partial charge in [0.2, 0.25) is 10.0 Å². The number of likely N-dealkylation sites (tertiary alicyclic amines) is 1. The van der Waals surface area contributed by atoms with Gasteiger partial charge in [-0.15, -0.1) is 0 Å². The fraction of sp³-hybridized carbons (Fsp3) is 0.409. The van der Waals surface area contributed by atoms with E-state index in [-0.39, 0.29) is 11.4 Å². The third-order valence-electron chi connectivity index (χ3n) is 5.36. The summed E-state index contributed by atoms with van der Waals surface area (Å²) in [6.45, 7) is 5.73. The maximum absolute atomic E-state index is 12.5. The van der Waals surface area contributed by atoms with E-state index in [2.05, 4.69) is 33.4 Å². The quantitative estimate of drug-likeness (QED) is 0.702. The predicted molar refractivity (Wildman–Crippen MR) is 112 cm³/mol. The number of benzene rings is 2. The van der Waals surface area contributed by atoms with Crippen molar-refractivity contribution in [2.75, 3.05) is 20.2 Å². The largest absolute Gasteiger partial charge is 0.465 e. The predicted octanol–water partition coefficient (Wildman–Crippen LogP) is 3.18. The lowest BCUT2D eigenvalue weighted by molar-refractivity contribution is 0.0600. The SMILES string of the molecule is COC(=O)c1ccc(S(=O)(=O)NCc2ccc(CN3CCC(C)CC3)cc2)cc1. The fourth-order valence-electron chi connectivity index (χ4n) is 3.39. The number of nitrogens with zero attached hydrogens (tertiary/aromatic N) is 1. The van der Waals surface area contributed by atoms with Crippen LogP contribution in [0.1, 0.15) is 41.3 Å². The number of hydrogen-bond acceptors (Lipinski definition) is 5.